The van der Waals surface area contributed by atoms with E-state index >= 15 is 0 Å². The van der Waals surface area contributed by atoms with Crippen molar-refractivity contribution in [1.29, 1.82) is 0 Å². The van der Waals surface area contributed by atoms with Gasteiger partial charge in [0.25, 0.3) is 11.5 Å². The third-order valence-corrected chi connectivity index (χ3v) is 4.00. The molecule has 0 aliphatic carbocycles. The van der Waals surface area contributed by atoms with Crippen LogP contribution in [-0.4, -0.2) is 22.1 Å². The van der Waals surface area contributed by atoms with E-state index in [1.165, 1.54) is 44.4 Å². The second-order valence-electron chi connectivity index (χ2n) is 6.53. The average molecular weight is 407 g/mol. The molecule has 0 saturated carbocycles. The molecule has 7 nitrogen and oxygen atoms in total. The molecule has 0 aliphatic heterocycles. The van der Waals surface area contributed by atoms with E-state index in [4.69, 9.17) is 4.42 Å². The number of nitrogens with zero attached hydrogens (tertiary/aromatic N) is 2. The number of rotatable bonds is 5. The Bertz CT molecular complexity index is 1060. The van der Waals surface area contributed by atoms with Crippen molar-refractivity contribution in [3.8, 4) is 17.2 Å². The Hall–Kier alpha value is -3.56. The molecule has 152 valence electrons. The first kappa shape index (κ1) is 20.2. The predicted molar refractivity (Wildman–Crippen MR) is 97.3 cm³/mol. The summed E-state index contributed by atoms with van der Waals surface area (Å²) in [5.41, 5.74) is -1.31. The summed E-state index contributed by atoms with van der Waals surface area (Å²) in [6.45, 7) is 2.98. The lowest BCUT2D eigenvalue weighted by atomic mass is 10.0. The fourth-order valence-electron chi connectivity index (χ4n) is 2.49. The van der Waals surface area contributed by atoms with E-state index in [0.29, 0.717) is 11.5 Å². The lowest BCUT2D eigenvalue weighted by molar-refractivity contribution is -0.274. The van der Waals surface area contributed by atoms with Crippen LogP contribution in [0.5, 0.6) is 5.75 Å². The summed E-state index contributed by atoms with van der Waals surface area (Å²) in [4.78, 5) is 25.0. The van der Waals surface area contributed by atoms with Crippen LogP contribution in [0.4, 0.5) is 18.9 Å². The summed E-state index contributed by atoms with van der Waals surface area (Å²) in [6.07, 6.45) is -3.35. The second-order valence-corrected chi connectivity index (χ2v) is 6.53. The fraction of sp³-hybridized carbons (Fsp3) is 0.211. The molecule has 0 atom stereocenters. The Morgan fingerprint density at radius 1 is 1.10 bits per heavy atom. The van der Waals surface area contributed by atoms with Crippen LogP contribution in [0.25, 0.3) is 11.5 Å². The van der Waals surface area contributed by atoms with Gasteiger partial charge in [0, 0.05) is 11.8 Å². The van der Waals surface area contributed by atoms with Gasteiger partial charge in [-0.05, 0) is 56.3 Å². The minimum absolute atomic E-state index is 0.229. The van der Waals surface area contributed by atoms with Crippen molar-refractivity contribution in [1.82, 2.24) is 9.78 Å². The molecule has 0 bridgehead atoms. The van der Waals surface area contributed by atoms with Gasteiger partial charge in [-0.15, -0.1) is 13.2 Å². The number of carbonyl (C=O) groups excluding carboxylic acids is 1. The Labute approximate surface area is 162 Å². The van der Waals surface area contributed by atoms with Crippen LogP contribution in [-0.2, 0) is 10.3 Å². The van der Waals surface area contributed by atoms with E-state index in [0.717, 1.165) is 16.8 Å². The molecule has 10 heteroatoms. The number of ether oxygens (including phenoxy) is 1. The van der Waals surface area contributed by atoms with Crippen molar-refractivity contribution in [3.05, 3.63) is 65.1 Å². The van der Waals surface area contributed by atoms with Crippen LogP contribution in [0.1, 0.15) is 13.8 Å². The molecule has 2 heterocycles. The highest BCUT2D eigenvalue weighted by Gasteiger charge is 2.33. The molecule has 1 aromatic carbocycles. The molecule has 2 aromatic heterocycles. The number of nitrogens with one attached hydrogen (secondary N) is 1. The van der Waals surface area contributed by atoms with Crippen LogP contribution in [0.2, 0.25) is 0 Å². The molecule has 3 aromatic rings. The highest BCUT2D eigenvalue weighted by atomic mass is 19.4. The van der Waals surface area contributed by atoms with E-state index in [1.54, 1.807) is 12.1 Å². The maximum Gasteiger partial charge on any atom is 0.573 e. The molecule has 0 saturated heterocycles. The standard InChI is InChI=1S/C19H16F3N3O4/c1-18(2,25-16(26)10-9-14(24-25)15-4-3-11-28-15)17(27)23-12-5-7-13(8-6-12)29-19(20,21)22/h3-11H,1-2H3,(H,23,27). The number of aromatic nitrogens is 2. The summed E-state index contributed by atoms with van der Waals surface area (Å²) >= 11 is 0. The zero-order valence-corrected chi connectivity index (χ0v) is 15.4. The number of alkyl halides is 3. The number of anilines is 1. The van der Waals surface area contributed by atoms with Crippen LogP contribution < -0.4 is 15.6 Å². The Kier molecular flexibility index (Phi) is 5.19. The molecular formula is C19H16F3N3O4. The van der Waals surface area contributed by atoms with Crippen LogP contribution in [0.15, 0.2) is 64.0 Å². The SMILES string of the molecule is CC(C)(C(=O)Nc1ccc(OC(F)(F)F)cc1)n1nc(-c2ccco2)ccc1=O. The van der Waals surface area contributed by atoms with Gasteiger partial charge in [0.15, 0.2) is 5.76 Å². The first-order valence-electron chi connectivity index (χ1n) is 8.38. The Balaban J connectivity index is 1.82. The third kappa shape index (κ3) is 4.65. The number of hydrogen-bond donors (Lipinski definition) is 1. The first-order chi connectivity index (χ1) is 13.6. The van der Waals surface area contributed by atoms with Gasteiger partial charge in [-0.1, -0.05) is 0 Å². The number of carbonyl (C=O) groups is 1. The maximum atomic E-state index is 12.8. The van der Waals surface area contributed by atoms with Crippen molar-refractivity contribution in [2.24, 2.45) is 0 Å². The number of furan rings is 1. The highest BCUT2D eigenvalue weighted by Crippen LogP contribution is 2.25. The van der Waals surface area contributed by atoms with Gasteiger partial charge in [-0.3, -0.25) is 9.59 Å². The summed E-state index contributed by atoms with van der Waals surface area (Å²) < 4.78 is 46.8. The van der Waals surface area contributed by atoms with Crippen molar-refractivity contribution < 1.29 is 27.1 Å². The number of benzene rings is 1. The maximum absolute atomic E-state index is 12.8. The number of hydrogen-bond acceptors (Lipinski definition) is 5. The molecular weight excluding hydrogens is 391 g/mol. The lowest BCUT2D eigenvalue weighted by Gasteiger charge is -2.25. The van der Waals surface area contributed by atoms with E-state index in [2.05, 4.69) is 15.2 Å². The lowest BCUT2D eigenvalue weighted by Crippen LogP contribution is -2.47. The molecule has 0 aliphatic rings. The molecule has 0 fully saturated rings. The quantitative estimate of drug-likeness (QED) is 0.696. The largest absolute Gasteiger partial charge is 0.573 e. The van der Waals surface area contributed by atoms with E-state index < -0.39 is 29.1 Å². The summed E-state index contributed by atoms with van der Waals surface area (Å²) in [7, 11) is 0. The minimum Gasteiger partial charge on any atom is -0.463 e. The molecule has 0 radical (unpaired) electrons. The van der Waals surface area contributed by atoms with Crippen molar-refractivity contribution in [3.63, 3.8) is 0 Å². The fourth-order valence-corrected chi connectivity index (χ4v) is 2.49. The second kappa shape index (κ2) is 7.46. The average Bonchev–Trinajstić information content (AvgIpc) is 3.17. The number of amides is 1. The summed E-state index contributed by atoms with van der Waals surface area (Å²) in [5, 5.41) is 6.76. The summed E-state index contributed by atoms with van der Waals surface area (Å²) in [5.74, 6) is -0.581. The molecule has 29 heavy (non-hydrogen) atoms. The van der Waals surface area contributed by atoms with E-state index in [-0.39, 0.29) is 5.69 Å². The molecule has 1 amide bonds. The molecule has 3 rings (SSSR count). The predicted octanol–water partition coefficient (Wildman–Crippen LogP) is 3.78. The van der Waals surface area contributed by atoms with Crippen molar-refractivity contribution in [2.45, 2.75) is 25.7 Å². The van der Waals surface area contributed by atoms with Crippen molar-refractivity contribution in [2.75, 3.05) is 5.32 Å². The van der Waals surface area contributed by atoms with Crippen LogP contribution >= 0.6 is 0 Å². The Morgan fingerprint density at radius 3 is 2.38 bits per heavy atom. The van der Waals surface area contributed by atoms with Crippen LogP contribution in [0.3, 0.4) is 0 Å². The zero-order chi connectivity index (χ0) is 21.2. The van der Waals surface area contributed by atoms with Gasteiger partial charge in [0.1, 0.15) is 17.0 Å². The zero-order valence-electron chi connectivity index (χ0n) is 15.4. The highest BCUT2D eigenvalue weighted by molar-refractivity contribution is 5.96. The van der Waals surface area contributed by atoms with Gasteiger partial charge < -0.3 is 14.5 Å². The summed E-state index contributed by atoms with van der Waals surface area (Å²) in [6, 6.07) is 10.7. The third-order valence-electron chi connectivity index (χ3n) is 4.00. The molecule has 1 N–H and O–H groups in total. The van der Waals surface area contributed by atoms with Crippen molar-refractivity contribution >= 4 is 11.6 Å². The minimum atomic E-state index is -4.81. The van der Waals surface area contributed by atoms with E-state index in [9.17, 15) is 22.8 Å². The first-order valence-corrected chi connectivity index (χ1v) is 8.38. The van der Waals surface area contributed by atoms with Gasteiger partial charge >= 0.3 is 6.36 Å². The van der Waals surface area contributed by atoms with Gasteiger partial charge in [-0.25, -0.2) is 4.68 Å². The molecule has 0 unspecified atom stereocenters. The smallest absolute Gasteiger partial charge is 0.463 e. The monoisotopic (exact) mass is 407 g/mol. The van der Waals surface area contributed by atoms with E-state index in [1.807, 2.05) is 0 Å². The van der Waals surface area contributed by atoms with Gasteiger partial charge in [0.2, 0.25) is 0 Å². The topological polar surface area (TPSA) is 86.4 Å². The van der Waals surface area contributed by atoms with Gasteiger partial charge in [0.05, 0.1) is 6.26 Å². The Morgan fingerprint density at radius 2 is 1.79 bits per heavy atom. The van der Waals surface area contributed by atoms with Crippen LogP contribution in [0, 0.1) is 0 Å². The van der Waals surface area contributed by atoms with Gasteiger partial charge in [-0.2, -0.15) is 5.10 Å². The molecule has 0 spiro atoms. The number of halogens is 3. The normalized spacial score (nSPS) is 11.9.